The third-order valence-electron chi connectivity index (χ3n) is 8.67. The highest BCUT2D eigenvalue weighted by Gasteiger charge is 2.25. The number of unbranched alkanes of at least 4 members (excludes halogenated alkanes) is 3. The summed E-state index contributed by atoms with van der Waals surface area (Å²) >= 11 is 0. The van der Waals surface area contributed by atoms with E-state index < -0.39 is 29.4 Å². The maximum Gasteiger partial charge on any atom is 0.408 e. The molecule has 2 atom stereocenters. The van der Waals surface area contributed by atoms with Crippen LogP contribution in [0.1, 0.15) is 119 Å². The van der Waals surface area contributed by atoms with Gasteiger partial charge in [0, 0.05) is 38.6 Å². The van der Waals surface area contributed by atoms with Crippen molar-refractivity contribution < 1.29 is 33.4 Å². The number of nitrogens with zero attached hydrogens (tertiary/aromatic N) is 1. The molecular formula is C42H67N5O7. The molecule has 0 aliphatic rings. The van der Waals surface area contributed by atoms with Gasteiger partial charge in [-0.15, -0.1) is 0 Å². The van der Waals surface area contributed by atoms with Gasteiger partial charge in [0.15, 0.2) is 0 Å². The van der Waals surface area contributed by atoms with Crippen molar-refractivity contribution in [1.82, 2.24) is 26.2 Å². The van der Waals surface area contributed by atoms with Crippen molar-refractivity contribution in [2.75, 3.05) is 32.7 Å². The Morgan fingerprint density at radius 2 is 1.24 bits per heavy atom. The molecule has 12 nitrogen and oxygen atoms in total. The minimum atomic E-state index is -0.849. The first-order valence-corrected chi connectivity index (χ1v) is 19.7. The van der Waals surface area contributed by atoms with Crippen molar-refractivity contribution in [3.05, 3.63) is 48.0 Å². The van der Waals surface area contributed by atoms with Crippen LogP contribution in [0.25, 0.3) is 10.8 Å². The van der Waals surface area contributed by atoms with Crippen molar-refractivity contribution in [1.29, 1.82) is 0 Å². The maximum absolute atomic E-state index is 13.7. The van der Waals surface area contributed by atoms with E-state index in [1.807, 2.05) is 49.4 Å². The minimum absolute atomic E-state index is 0.0265. The number of amides is 5. The summed E-state index contributed by atoms with van der Waals surface area (Å²) in [4.78, 5) is 66.1. The fourth-order valence-electron chi connectivity index (χ4n) is 5.87. The molecule has 0 unspecified atom stereocenters. The molecule has 0 heterocycles. The molecule has 0 spiro atoms. The first kappa shape index (κ1) is 45.8. The average Bonchev–Trinajstić information content (AvgIpc) is 3.08. The van der Waals surface area contributed by atoms with Crippen LogP contribution >= 0.6 is 0 Å². The maximum atomic E-state index is 13.7. The van der Waals surface area contributed by atoms with Crippen LogP contribution in [0.15, 0.2) is 42.5 Å². The van der Waals surface area contributed by atoms with Crippen molar-refractivity contribution >= 4 is 40.7 Å². The molecule has 4 N–H and O–H groups in total. The topological polar surface area (TPSA) is 155 Å². The quantitative estimate of drug-likeness (QED) is 0.0942. The summed E-state index contributed by atoms with van der Waals surface area (Å²) in [7, 11) is 0. The zero-order chi connectivity index (χ0) is 40.1. The number of hydrogen-bond donors (Lipinski definition) is 4. The molecule has 2 rings (SSSR count). The first-order chi connectivity index (χ1) is 25.5. The number of benzene rings is 2. The van der Waals surface area contributed by atoms with Crippen molar-refractivity contribution in [2.24, 2.45) is 5.92 Å². The summed E-state index contributed by atoms with van der Waals surface area (Å²) in [6, 6.07) is 13.1. The molecule has 12 heteroatoms. The normalized spacial score (nSPS) is 12.7. The van der Waals surface area contributed by atoms with E-state index in [1.165, 1.54) is 0 Å². The zero-order valence-electron chi connectivity index (χ0n) is 34.1. The van der Waals surface area contributed by atoms with E-state index >= 15 is 0 Å². The second-order valence-corrected chi connectivity index (χ2v) is 16.0. The van der Waals surface area contributed by atoms with Crippen LogP contribution in [-0.2, 0) is 30.3 Å². The van der Waals surface area contributed by atoms with Crippen LogP contribution in [-0.4, -0.2) is 84.8 Å². The van der Waals surface area contributed by atoms with E-state index in [-0.39, 0.29) is 36.6 Å². The molecule has 0 saturated heterocycles. The number of rotatable bonds is 22. The summed E-state index contributed by atoms with van der Waals surface area (Å²) in [5.41, 5.74) is -0.391. The SMILES string of the molecule is CCCCC[C@H](C)C(=O)NCCCN(CCCNC(=O)[C@H](CCCCNC(=O)OC(C)(C)C)NC(=O)OC(C)(C)C)C(=O)Cc1cccc2ccccc12. The molecular weight excluding hydrogens is 686 g/mol. The minimum Gasteiger partial charge on any atom is -0.444 e. The molecule has 0 fully saturated rings. The molecule has 0 saturated carbocycles. The summed E-state index contributed by atoms with van der Waals surface area (Å²) in [6.07, 6.45) is 5.70. The molecule has 5 amide bonds. The summed E-state index contributed by atoms with van der Waals surface area (Å²) < 4.78 is 10.7. The lowest BCUT2D eigenvalue weighted by Gasteiger charge is -2.25. The van der Waals surface area contributed by atoms with Crippen LogP contribution in [0.3, 0.4) is 0 Å². The van der Waals surface area contributed by atoms with Gasteiger partial charge in [0.05, 0.1) is 6.42 Å². The van der Waals surface area contributed by atoms with E-state index in [0.717, 1.165) is 42.0 Å². The highest BCUT2D eigenvalue weighted by atomic mass is 16.6. The number of fused-ring (bicyclic) bond motifs is 1. The Balaban J connectivity index is 2.01. The van der Waals surface area contributed by atoms with Crippen LogP contribution < -0.4 is 21.3 Å². The van der Waals surface area contributed by atoms with E-state index in [2.05, 4.69) is 28.2 Å². The van der Waals surface area contributed by atoms with Crippen molar-refractivity contribution in [3.63, 3.8) is 0 Å². The standard InChI is InChI=1S/C42H67N5O7/c1-9-10-11-19-31(2)37(49)43-26-17-28-47(36(48)30-33-22-16-21-32-20-12-13-23-34(32)33)29-18-27-44-38(50)35(46-40(52)54-42(6,7)8)24-14-15-25-45-39(51)53-41(3,4)5/h12-13,16,20-23,31,35H,9-11,14-15,17-19,24-30H2,1-8H3,(H,43,49)(H,44,50)(H,45,51)(H,46,52)/t31-,35-/m0/s1. The summed E-state index contributed by atoms with van der Waals surface area (Å²) in [5, 5.41) is 13.5. The number of carbonyl (C=O) groups excluding carboxylic acids is 5. The van der Waals surface area contributed by atoms with Gasteiger partial charge in [0.1, 0.15) is 17.2 Å². The fourth-order valence-corrected chi connectivity index (χ4v) is 5.87. The summed E-state index contributed by atoms with van der Waals surface area (Å²) in [5.74, 6) is -0.394. The molecule has 2 aromatic carbocycles. The van der Waals surface area contributed by atoms with Crippen molar-refractivity contribution in [2.45, 2.75) is 137 Å². The monoisotopic (exact) mass is 754 g/mol. The lowest BCUT2D eigenvalue weighted by atomic mass is 10.0. The van der Waals surface area contributed by atoms with Gasteiger partial charge >= 0.3 is 12.2 Å². The summed E-state index contributed by atoms with van der Waals surface area (Å²) in [6.45, 7) is 16.7. The molecule has 54 heavy (non-hydrogen) atoms. The second-order valence-electron chi connectivity index (χ2n) is 16.0. The molecule has 0 radical (unpaired) electrons. The third kappa shape index (κ3) is 19.1. The van der Waals surface area contributed by atoms with Gasteiger partial charge in [0.2, 0.25) is 17.7 Å². The number of ether oxygens (including phenoxy) is 2. The smallest absolute Gasteiger partial charge is 0.408 e. The Hall–Kier alpha value is -4.35. The highest BCUT2D eigenvalue weighted by molar-refractivity contribution is 5.90. The Kier molecular flexibility index (Phi) is 19.9. The lowest BCUT2D eigenvalue weighted by Crippen LogP contribution is -2.48. The predicted molar refractivity (Wildman–Crippen MR) is 214 cm³/mol. The average molecular weight is 754 g/mol. The second kappa shape index (κ2) is 23.4. The van der Waals surface area contributed by atoms with Gasteiger partial charge in [-0.2, -0.15) is 0 Å². The van der Waals surface area contributed by atoms with Crippen molar-refractivity contribution in [3.8, 4) is 0 Å². The Morgan fingerprint density at radius 1 is 0.667 bits per heavy atom. The van der Waals surface area contributed by atoms with E-state index in [0.29, 0.717) is 58.3 Å². The Morgan fingerprint density at radius 3 is 1.89 bits per heavy atom. The zero-order valence-corrected chi connectivity index (χ0v) is 34.1. The number of nitrogens with one attached hydrogen (secondary N) is 4. The third-order valence-corrected chi connectivity index (χ3v) is 8.67. The fraction of sp³-hybridized carbons (Fsp3) is 0.643. The lowest BCUT2D eigenvalue weighted by molar-refractivity contribution is -0.130. The van der Waals surface area contributed by atoms with Gasteiger partial charge in [-0.05, 0) is 96.4 Å². The Bertz CT molecular complexity index is 1480. The largest absolute Gasteiger partial charge is 0.444 e. The Labute approximate surface area is 323 Å². The van der Waals surface area contributed by atoms with E-state index in [1.54, 1.807) is 46.4 Å². The van der Waals surface area contributed by atoms with E-state index in [4.69, 9.17) is 9.47 Å². The number of carbonyl (C=O) groups is 5. The molecule has 2 aromatic rings. The molecule has 0 aliphatic heterocycles. The van der Waals surface area contributed by atoms with Crippen LogP contribution in [0.4, 0.5) is 9.59 Å². The van der Waals surface area contributed by atoms with Crippen LogP contribution in [0.5, 0.6) is 0 Å². The molecule has 302 valence electrons. The van der Waals surface area contributed by atoms with Gasteiger partial charge in [-0.3, -0.25) is 14.4 Å². The van der Waals surface area contributed by atoms with Crippen LogP contribution in [0.2, 0.25) is 0 Å². The van der Waals surface area contributed by atoms with Crippen LogP contribution in [0, 0.1) is 5.92 Å². The van der Waals surface area contributed by atoms with Gasteiger partial charge in [-0.1, -0.05) is 75.6 Å². The number of alkyl carbamates (subject to hydrolysis) is 2. The van der Waals surface area contributed by atoms with Gasteiger partial charge < -0.3 is 35.6 Å². The predicted octanol–water partition coefficient (Wildman–Crippen LogP) is 7.03. The molecule has 0 aliphatic carbocycles. The van der Waals surface area contributed by atoms with E-state index in [9.17, 15) is 24.0 Å². The number of hydrogen-bond acceptors (Lipinski definition) is 7. The van der Waals surface area contributed by atoms with Gasteiger partial charge in [0.25, 0.3) is 0 Å². The van der Waals surface area contributed by atoms with Gasteiger partial charge in [-0.25, -0.2) is 9.59 Å². The highest BCUT2D eigenvalue weighted by Crippen LogP contribution is 2.20. The molecule has 0 bridgehead atoms. The molecule has 0 aromatic heterocycles. The first-order valence-electron chi connectivity index (χ1n) is 19.7.